The fraction of sp³-hybridized carbons (Fsp3) is 0.818. The highest BCUT2D eigenvalue weighted by Gasteiger charge is 2.21. The van der Waals surface area contributed by atoms with Gasteiger partial charge in [-0.05, 0) is 25.7 Å². The maximum Gasteiger partial charge on any atom is 0.239 e. The Kier molecular flexibility index (Phi) is 5.25. The van der Waals surface area contributed by atoms with Crippen LogP contribution in [0, 0.1) is 0 Å². The summed E-state index contributed by atoms with van der Waals surface area (Å²) in [5.74, 6) is -0.0670. The molecule has 92 valence electrons. The molecule has 0 aromatic carbocycles. The van der Waals surface area contributed by atoms with Crippen LogP contribution in [0.5, 0.6) is 0 Å². The van der Waals surface area contributed by atoms with E-state index in [-0.39, 0.29) is 11.8 Å². The third-order valence-corrected chi connectivity index (χ3v) is 2.81. The minimum Gasteiger partial charge on any atom is -0.356 e. The predicted octanol–water partition coefficient (Wildman–Crippen LogP) is -0.148. The Morgan fingerprint density at radius 3 is 2.50 bits per heavy atom. The number of nitrogens with one attached hydrogen (secondary N) is 1. The zero-order valence-corrected chi connectivity index (χ0v) is 9.87. The molecule has 1 atom stereocenters. The summed E-state index contributed by atoms with van der Waals surface area (Å²) in [6.45, 7) is 3.58. The molecule has 1 heterocycles. The van der Waals surface area contributed by atoms with Gasteiger partial charge in [-0.2, -0.15) is 0 Å². The Morgan fingerprint density at radius 2 is 1.94 bits per heavy atom. The van der Waals surface area contributed by atoms with Gasteiger partial charge >= 0.3 is 0 Å². The van der Waals surface area contributed by atoms with Gasteiger partial charge in [0.25, 0.3) is 0 Å². The molecule has 5 nitrogen and oxygen atoms in total. The summed E-state index contributed by atoms with van der Waals surface area (Å²) >= 11 is 0. The number of carbonyl (C=O) groups excluding carboxylic acids is 2. The van der Waals surface area contributed by atoms with Gasteiger partial charge in [0.05, 0.1) is 6.04 Å². The summed E-state index contributed by atoms with van der Waals surface area (Å²) in [7, 11) is 0. The number of nitrogens with zero attached hydrogens (tertiary/aromatic N) is 1. The second kappa shape index (κ2) is 6.48. The molecule has 1 saturated heterocycles. The molecule has 0 spiro atoms. The summed E-state index contributed by atoms with van der Waals surface area (Å²) in [5, 5.41) is 2.64. The zero-order chi connectivity index (χ0) is 12.0. The van der Waals surface area contributed by atoms with Crippen LogP contribution >= 0.6 is 0 Å². The summed E-state index contributed by atoms with van der Waals surface area (Å²) in [5.41, 5.74) is 5.79. The Bertz CT molecular complexity index is 250. The van der Waals surface area contributed by atoms with Gasteiger partial charge in [0.2, 0.25) is 11.8 Å². The van der Waals surface area contributed by atoms with E-state index >= 15 is 0 Å². The lowest BCUT2D eigenvalue weighted by atomic mass is 10.1. The van der Waals surface area contributed by atoms with Gasteiger partial charge in [-0.15, -0.1) is 0 Å². The first-order valence-corrected chi connectivity index (χ1v) is 5.90. The van der Waals surface area contributed by atoms with E-state index in [1.165, 1.54) is 13.3 Å². The van der Waals surface area contributed by atoms with Gasteiger partial charge in [0.1, 0.15) is 0 Å². The molecule has 0 aromatic rings. The van der Waals surface area contributed by atoms with E-state index in [0.717, 1.165) is 25.9 Å². The number of piperidine rings is 1. The second-order valence-corrected chi connectivity index (χ2v) is 4.26. The topological polar surface area (TPSA) is 75.4 Å². The van der Waals surface area contributed by atoms with Gasteiger partial charge in [0, 0.05) is 26.6 Å². The maximum absolute atomic E-state index is 11.9. The van der Waals surface area contributed by atoms with Crippen molar-refractivity contribution in [1.82, 2.24) is 10.2 Å². The third-order valence-electron chi connectivity index (χ3n) is 2.81. The lowest BCUT2D eigenvalue weighted by Crippen LogP contribution is -2.47. The summed E-state index contributed by atoms with van der Waals surface area (Å²) in [6, 6.07) is -0.482. The van der Waals surface area contributed by atoms with Gasteiger partial charge < -0.3 is 16.0 Å². The van der Waals surface area contributed by atoms with Crippen LogP contribution in [0.1, 0.15) is 32.6 Å². The number of likely N-dealkylation sites (tertiary alicyclic amines) is 1. The SMILES string of the molecule is CC(=O)NCC[C@H](N)C(=O)N1CCCCC1. The molecule has 0 bridgehead atoms. The minimum atomic E-state index is -0.482. The largest absolute Gasteiger partial charge is 0.356 e. The van der Waals surface area contributed by atoms with Crippen molar-refractivity contribution in [1.29, 1.82) is 0 Å². The number of nitrogens with two attached hydrogens (primary N) is 1. The van der Waals surface area contributed by atoms with Gasteiger partial charge in [0.15, 0.2) is 0 Å². The average molecular weight is 227 g/mol. The van der Waals surface area contributed by atoms with Crippen LogP contribution in [-0.4, -0.2) is 42.4 Å². The van der Waals surface area contributed by atoms with Crippen molar-refractivity contribution in [3.63, 3.8) is 0 Å². The fourth-order valence-electron chi connectivity index (χ4n) is 1.88. The standard InChI is InChI=1S/C11H21N3O2/c1-9(15)13-6-5-10(12)11(16)14-7-3-2-4-8-14/h10H,2-8,12H2,1H3,(H,13,15)/t10-/m0/s1. The lowest BCUT2D eigenvalue weighted by Gasteiger charge is -2.29. The van der Waals surface area contributed by atoms with Gasteiger partial charge in [-0.25, -0.2) is 0 Å². The van der Waals surface area contributed by atoms with Crippen LogP contribution < -0.4 is 11.1 Å². The monoisotopic (exact) mass is 227 g/mol. The van der Waals surface area contributed by atoms with E-state index in [9.17, 15) is 9.59 Å². The number of amides is 2. The van der Waals surface area contributed by atoms with Crippen molar-refractivity contribution in [2.45, 2.75) is 38.6 Å². The smallest absolute Gasteiger partial charge is 0.239 e. The fourth-order valence-corrected chi connectivity index (χ4v) is 1.88. The van der Waals surface area contributed by atoms with Crippen LogP contribution in [0.2, 0.25) is 0 Å². The summed E-state index contributed by atoms with van der Waals surface area (Å²) < 4.78 is 0. The van der Waals surface area contributed by atoms with Crippen molar-refractivity contribution in [2.24, 2.45) is 5.73 Å². The lowest BCUT2D eigenvalue weighted by molar-refractivity contribution is -0.133. The molecule has 3 N–H and O–H groups in total. The molecule has 2 amide bonds. The number of hydrogen-bond donors (Lipinski definition) is 2. The van der Waals surface area contributed by atoms with E-state index in [0.29, 0.717) is 13.0 Å². The van der Waals surface area contributed by atoms with Crippen LogP contribution in [0.3, 0.4) is 0 Å². The molecular formula is C11H21N3O2. The first-order chi connectivity index (χ1) is 7.61. The third kappa shape index (κ3) is 4.18. The Hall–Kier alpha value is -1.10. The highest BCUT2D eigenvalue weighted by molar-refractivity contribution is 5.81. The van der Waals surface area contributed by atoms with Crippen molar-refractivity contribution in [3.05, 3.63) is 0 Å². The number of carbonyl (C=O) groups is 2. The van der Waals surface area contributed by atoms with E-state index in [1.807, 2.05) is 4.90 Å². The van der Waals surface area contributed by atoms with Gasteiger partial charge in [-0.3, -0.25) is 9.59 Å². The Balaban J connectivity index is 2.26. The van der Waals surface area contributed by atoms with E-state index in [2.05, 4.69) is 5.32 Å². The van der Waals surface area contributed by atoms with Crippen LogP contribution in [0.4, 0.5) is 0 Å². The van der Waals surface area contributed by atoms with E-state index < -0.39 is 6.04 Å². The molecule has 0 radical (unpaired) electrons. The Morgan fingerprint density at radius 1 is 1.31 bits per heavy atom. The summed E-state index contributed by atoms with van der Waals surface area (Å²) in [6.07, 6.45) is 3.86. The second-order valence-electron chi connectivity index (χ2n) is 4.26. The Labute approximate surface area is 96.4 Å². The van der Waals surface area contributed by atoms with Crippen molar-refractivity contribution in [2.75, 3.05) is 19.6 Å². The molecule has 1 rings (SSSR count). The first-order valence-electron chi connectivity index (χ1n) is 5.90. The van der Waals surface area contributed by atoms with E-state index in [1.54, 1.807) is 0 Å². The predicted molar refractivity (Wildman–Crippen MR) is 61.7 cm³/mol. The molecule has 0 aromatic heterocycles. The molecular weight excluding hydrogens is 206 g/mol. The minimum absolute atomic E-state index is 0.0186. The summed E-state index contributed by atoms with van der Waals surface area (Å²) in [4.78, 5) is 24.3. The van der Waals surface area contributed by atoms with E-state index in [4.69, 9.17) is 5.73 Å². The highest BCUT2D eigenvalue weighted by atomic mass is 16.2. The van der Waals surface area contributed by atoms with Crippen LogP contribution in [0.15, 0.2) is 0 Å². The molecule has 1 aliphatic heterocycles. The van der Waals surface area contributed by atoms with Crippen molar-refractivity contribution >= 4 is 11.8 Å². The normalized spacial score (nSPS) is 18.0. The molecule has 0 aliphatic carbocycles. The first kappa shape index (κ1) is 13.0. The highest BCUT2D eigenvalue weighted by Crippen LogP contribution is 2.10. The van der Waals surface area contributed by atoms with Crippen molar-refractivity contribution in [3.8, 4) is 0 Å². The molecule has 16 heavy (non-hydrogen) atoms. The van der Waals surface area contributed by atoms with Crippen LogP contribution in [-0.2, 0) is 9.59 Å². The number of hydrogen-bond acceptors (Lipinski definition) is 3. The average Bonchev–Trinajstić information content (AvgIpc) is 2.28. The van der Waals surface area contributed by atoms with Crippen molar-refractivity contribution < 1.29 is 9.59 Å². The number of rotatable bonds is 4. The quantitative estimate of drug-likeness (QED) is 0.701. The maximum atomic E-state index is 11.9. The van der Waals surface area contributed by atoms with Gasteiger partial charge in [-0.1, -0.05) is 0 Å². The van der Waals surface area contributed by atoms with Crippen LogP contribution in [0.25, 0.3) is 0 Å². The zero-order valence-electron chi connectivity index (χ0n) is 9.87. The molecule has 0 unspecified atom stereocenters. The molecule has 5 heteroatoms. The molecule has 1 aliphatic rings. The molecule has 1 fully saturated rings. The molecule has 0 saturated carbocycles.